The van der Waals surface area contributed by atoms with Gasteiger partial charge in [0, 0.05) is 55.4 Å². The molecule has 0 aliphatic carbocycles. The first-order chi connectivity index (χ1) is 27.3. The third-order valence-corrected chi connectivity index (χ3v) is 11.3. The molecule has 9 rings (SSSR count). The maximum Gasteiger partial charge on any atom is 0.126 e. The van der Waals surface area contributed by atoms with Crippen LogP contribution in [0.15, 0.2) is 110 Å². The van der Waals surface area contributed by atoms with E-state index in [4.69, 9.17) is 0 Å². The van der Waals surface area contributed by atoms with E-state index in [2.05, 4.69) is 45.9 Å². The minimum Gasteiger partial charge on any atom is -0.508 e. The van der Waals surface area contributed by atoms with Crippen LogP contribution in [-0.2, 0) is 0 Å². The number of nitrogens with one attached hydrogen (secondary N) is 3. The average molecular weight is 800 g/mol. The Morgan fingerprint density at radius 1 is 0.464 bits per heavy atom. The van der Waals surface area contributed by atoms with Gasteiger partial charge in [-0.2, -0.15) is 0 Å². The molecule has 12 nitrogen and oxygen atoms in total. The van der Waals surface area contributed by atoms with Crippen molar-refractivity contribution in [1.82, 2.24) is 29.9 Å². The third-order valence-electron chi connectivity index (χ3n) is 8.12. The Kier molecular flexibility index (Phi) is 11.7. The average Bonchev–Trinajstić information content (AvgIpc) is 3.96. The Morgan fingerprint density at radius 3 is 1.09 bits per heavy atom. The summed E-state index contributed by atoms with van der Waals surface area (Å²) in [4.78, 5) is 26.6. The van der Waals surface area contributed by atoms with Crippen molar-refractivity contribution in [2.75, 3.05) is 36.1 Å². The Hall–Kier alpha value is -6.42. The number of fused-ring (bicyclic) bond motifs is 3. The monoisotopic (exact) mass is 799 g/mol. The van der Waals surface area contributed by atoms with E-state index in [1.54, 1.807) is 76.6 Å². The Balaban J connectivity index is 0.000000129. The van der Waals surface area contributed by atoms with E-state index in [1.165, 1.54) is 0 Å². The van der Waals surface area contributed by atoms with E-state index >= 15 is 0 Å². The molecule has 56 heavy (non-hydrogen) atoms. The molecular formula is C41H37N9O3S3. The quantitative estimate of drug-likeness (QED) is 0.0860. The molecule has 15 heteroatoms. The molecule has 0 unspecified atom stereocenters. The molecule has 0 spiro atoms. The van der Waals surface area contributed by atoms with Gasteiger partial charge in [0.25, 0.3) is 0 Å². The first-order valence-electron chi connectivity index (χ1n) is 17.6. The molecule has 6 aromatic heterocycles. The van der Waals surface area contributed by atoms with Crippen LogP contribution in [0.4, 0.5) is 17.5 Å². The fraction of sp³-hybridized carbons (Fsp3) is 0.122. The largest absolute Gasteiger partial charge is 0.508 e. The van der Waals surface area contributed by atoms with Crippen LogP contribution in [-0.4, -0.2) is 65.4 Å². The molecule has 0 amide bonds. The number of rotatable bonds is 8. The number of benzene rings is 3. The van der Waals surface area contributed by atoms with Gasteiger partial charge in [-0.1, -0.05) is 0 Å². The topological polar surface area (TPSA) is 174 Å². The van der Waals surface area contributed by atoms with Gasteiger partial charge in [0.05, 0.1) is 30.6 Å². The molecule has 0 fully saturated rings. The van der Waals surface area contributed by atoms with Crippen LogP contribution in [0.25, 0.3) is 62.4 Å². The number of aromatic nitrogens is 6. The van der Waals surface area contributed by atoms with Gasteiger partial charge in [-0.15, -0.1) is 34.0 Å². The summed E-state index contributed by atoms with van der Waals surface area (Å²) >= 11 is 4.65. The highest BCUT2D eigenvalue weighted by molar-refractivity contribution is 7.22. The number of hydrogen-bond donors (Lipinski definition) is 6. The van der Waals surface area contributed by atoms with Crippen molar-refractivity contribution in [3.05, 3.63) is 110 Å². The normalized spacial score (nSPS) is 10.8. The minimum atomic E-state index is 0.265. The summed E-state index contributed by atoms with van der Waals surface area (Å²) < 4.78 is 2.93. The Bertz CT molecular complexity index is 2570. The van der Waals surface area contributed by atoms with E-state index in [9.17, 15) is 15.3 Å². The van der Waals surface area contributed by atoms with Gasteiger partial charge in [0.1, 0.15) is 49.7 Å². The SMILES string of the molecule is CCNc1ccc(-c2nc3ccc(O)cc3s2)cn1.CCNc1ccc(-c2nc3ccc(O)cc3s2)cn1.CNc1ccc(-c2nc3ccc(O)cc3s2)cn1. The van der Waals surface area contributed by atoms with Crippen molar-refractivity contribution in [3.63, 3.8) is 0 Å². The lowest BCUT2D eigenvalue weighted by Crippen LogP contribution is -1.98. The molecule has 0 saturated carbocycles. The molecule has 0 aliphatic rings. The second-order valence-corrected chi connectivity index (χ2v) is 15.2. The summed E-state index contributed by atoms with van der Waals surface area (Å²) in [6, 6.07) is 27.4. The number of thiazole rings is 3. The third kappa shape index (κ3) is 9.09. The molecule has 3 aromatic carbocycles. The van der Waals surface area contributed by atoms with Gasteiger partial charge in [-0.3, -0.25) is 0 Å². The highest BCUT2D eigenvalue weighted by atomic mass is 32.1. The first-order valence-corrected chi connectivity index (χ1v) is 20.1. The zero-order chi connectivity index (χ0) is 39.0. The summed E-state index contributed by atoms with van der Waals surface area (Å²) in [5.41, 5.74) is 5.65. The van der Waals surface area contributed by atoms with Gasteiger partial charge in [-0.25, -0.2) is 29.9 Å². The smallest absolute Gasteiger partial charge is 0.126 e. The molecule has 282 valence electrons. The molecule has 0 aliphatic heterocycles. The fourth-order valence-electron chi connectivity index (χ4n) is 5.39. The molecule has 0 atom stereocenters. The van der Waals surface area contributed by atoms with Crippen molar-refractivity contribution in [1.29, 1.82) is 0 Å². The lowest BCUT2D eigenvalue weighted by atomic mass is 10.3. The molecule has 0 radical (unpaired) electrons. The van der Waals surface area contributed by atoms with E-state index in [1.807, 2.05) is 87.9 Å². The number of pyridine rings is 3. The second kappa shape index (κ2) is 17.4. The van der Waals surface area contributed by atoms with Crippen LogP contribution < -0.4 is 16.0 Å². The van der Waals surface area contributed by atoms with Crippen molar-refractivity contribution in [2.45, 2.75) is 13.8 Å². The number of anilines is 3. The fourth-order valence-corrected chi connectivity index (χ4v) is 8.36. The van der Waals surface area contributed by atoms with Crippen LogP contribution in [0.3, 0.4) is 0 Å². The molecule has 6 N–H and O–H groups in total. The maximum atomic E-state index is 9.46. The van der Waals surface area contributed by atoms with Crippen LogP contribution in [0.5, 0.6) is 17.2 Å². The van der Waals surface area contributed by atoms with Gasteiger partial charge in [0.2, 0.25) is 0 Å². The number of nitrogens with zero attached hydrogens (tertiary/aromatic N) is 6. The van der Waals surface area contributed by atoms with Gasteiger partial charge in [0.15, 0.2) is 0 Å². The minimum absolute atomic E-state index is 0.265. The predicted octanol–water partition coefficient (Wildman–Crippen LogP) is 10.1. The highest BCUT2D eigenvalue weighted by Gasteiger charge is 2.10. The van der Waals surface area contributed by atoms with Gasteiger partial charge >= 0.3 is 0 Å². The number of hydrogen-bond acceptors (Lipinski definition) is 15. The van der Waals surface area contributed by atoms with E-state index in [0.717, 1.165) is 92.9 Å². The Labute approximate surface area is 334 Å². The maximum absolute atomic E-state index is 9.46. The summed E-state index contributed by atoms with van der Waals surface area (Å²) in [7, 11) is 1.84. The van der Waals surface area contributed by atoms with E-state index in [0.29, 0.717) is 0 Å². The van der Waals surface area contributed by atoms with Gasteiger partial charge < -0.3 is 31.3 Å². The van der Waals surface area contributed by atoms with Crippen molar-refractivity contribution in [3.8, 4) is 49.0 Å². The number of phenols is 3. The van der Waals surface area contributed by atoms with Crippen LogP contribution in [0, 0.1) is 0 Å². The Morgan fingerprint density at radius 2 is 0.804 bits per heavy atom. The van der Waals surface area contributed by atoms with Crippen LogP contribution >= 0.6 is 34.0 Å². The summed E-state index contributed by atoms with van der Waals surface area (Å²) in [5, 5.41) is 40.4. The summed E-state index contributed by atoms with van der Waals surface area (Å²) in [6.45, 7) is 5.78. The zero-order valence-electron chi connectivity index (χ0n) is 30.6. The standard InChI is InChI=1S/2C14H13N3OS.C13H11N3OS/c2*1-2-15-13-6-3-9(8-16-13)14-17-11-5-4-10(18)7-12(11)19-14;1-14-12-5-2-8(7-15-12)13-16-10-4-3-9(17)6-11(10)18-13/h2*3-8,18H,2H2,1H3,(H,15,16);2-7,17H,1H3,(H,14,15). The van der Waals surface area contributed by atoms with Crippen LogP contribution in [0.1, 0.15) is 13.8 Å². The molecule has 6 heterocycles. The van der Waals surface area contributed by atoms with Crippen molar-refractivity contribution in [2.24, 2.45) is 0 Å². The summed E-state index contributed by atoms with van der Waals surface area (Å²) in [5.74, 6) is 3.36. The lowest BCUT2D eigenvalue weighted by Gasteiger charge is -2.01. The number of phenolic OH excluding ortho intramolecular Hbond substituents is 3. The zero-order valence-corrected chi connectivity index (χ0v) is 33.0. The highest BCUT2D eigenvalue weighted by Crippen LogP contribution is 2.34. The molecular weight excluding hydrogens is 763 g/mol. The second-order valence-electron chi connectivity index (χ2n) is 12.1. The van der Waals surface area contributed by atoms with Crippen LogP contribution in [0.2, 0.25) is 0 Å². The lowest BCUT2D eigenvalue weighted by molar-refractivity contribution is 0.475. The van der Waals surface area contributed by atoms with Crippen molar-refractivity contribution < 1.29 is 15.3 Å². The van der Waals surface area contributed by atoms with E-state index < -0.39 is 0 Å². The summed E-state index contributed by atoms with van der Waals surface area (Å²) in [6.07, 6.45) is 5.43. The van der Waals surface area contributed by atoms with Crippen molar-refractivity contribution >= 4 is 82.1 Å². The predicted molar refractivity (Wildman–Crippen MR) is 231 cm³/mol. The number of aromatic hydroxyl groups is 3. The molecule has 0 bridgehead atoms. The van der Waals surface area contributed by atoms with Gasteiger partial charge in [-0.05, 0) is 105 Å². The molecule has 0 saturated heterocycles. The van der Waals surface area contributed by atoms with E-state index in [-0.39, 0.29) is 17.2 Å². The first kappa shape index (κ1) is 37.9. The molecule has 9 aromatic rings.